The Morgan fingerprint density at radius 1 is 1.44 bits per heavy atom. The molecule has 0 spiro atoms. The number of carbonyl (C=O) groups is 1. The van der Waals surface area contributed by atoms with Gasteiger partial charge in [0.2, 0.25) is 0 Å². The van der Waals surface area contributed by atoms with Gasteiger partial charge in [0, 0.05) is 11.8 Å². The molecule has 0 saturated heterocycles. The third-order valence-electron chi connectivity index (χ3n) is 2.06. The number of nitrogens with zero attached hydrogens (tertiary/aromatic N) is 1. The molecule has 0 aliphatic heterocycles. The van der Waals surface area contributed by atoms with E-state index in [0.717, 1.165) is 0 Å². The van der Waals surface area contributed by atoms with Crippen molar-refractivity contribution in [2.24, 2.45) is 0 Å². The molecule has 0 aliphatic carbocycles. The summed E-state index contributed by atoms with van der Waals surface area (Å²) in [6, 6.07) is 0. The maximum Gasteiger partial charge on any atom is 0.418 e. The smallest absolute Gasteiger partial charge is 0.418 e. The largest absolute Gasteiger partial charge is 0.478 e. The zero-order chi connectivity index (χ0) is 14.1. The molecular weight excluding hydrogens is 285 g/mol. The van der Waals surface area contributed by atoms with Crippen LogP contribution in [0, 0.1) is 0 Å². The molecule has 100 valence electrons. The lowest BCUT2D eigenvalue weighted by Gasteiger charge is -2.15. The van der Waals surface area contributed by atoms with E-state index < -0.39 is 46.8 Å². The molecule has 9 heteroatoms. The molecule has 0 unspecified atom stereocenters. The average Bonchev–Trinajstić information content (AvgIpc) is 2.25. The molecule has 0 atom stereocenters. The van der Waals surface area contributed by atoms with Crippen molar-refractivity contribution in [1.29, 1.82) is 0 Å². The van der Waals surface area contributed by atoms with Gasteiger partial charge in [-0.25, -0.2) is 13.6 Å². The summed E-state index contributed by atoms with van der Waals surface area (Å²) in [6.45, 7) is 0. The first-order chi connectivity index (χ1) is 8.20. The summed E-state index contributed by atoms with van der Waals surface area (Å²) in [6.07, 6.45) is -8.56. The highest BCUT2D eigenvalue weighted by Crippen LogP contribution is 2.38. The molecule has 1 aromatic rings. The van der Waals surface area contributed by atoms with Crippen LogP contribution in [0.1, 0.15) is 33.6 Å². The number of alkyl halides is 6. The second kappa shape index (κ2) is 5.05. The van der Waals surface area contributed by atoms with Gasteiger partial charge in [-0.2, -0.15) is 13.2 Å². The van der Waals surface area contributed by atoms with Gasteiger partial charge in [-0.3, -0.25) is 4.98 Å². The lowest BCUT2D eigenvalue weighted by Crippen LogP contribution is -2.17. The zero-order valence-corrected chi connectivity index (χ0v) is 9.19. The molecule has 0 saturated carbocycles. The molecule has 0 amide bonds. The van der Waals surface area contributed by atoms with Crippen LogP contribution in [0.25, 0.3) is 0 Å². The Bertz CT molecular complexity index is 475. The van der Waals surface area contributed by atoms with Gasteiger partial charge in [-0.05, 0) is 0 Å². The van der Waals surface area contributed by atoms with Crippen LogP contribution in [0.4, 0.5) is 22.0 Å². The normalized spacial score (nSPS) is 11.9. The van der Waals surface area contributed by atoms with E-state index in [9.17, 15) is 26.7 Å². The van der Waals surface area contributed by atoms with Crippen molar-refractivity contribution in [3.8, 4) is 0 Å². The number of pyridine rings is 1. The minimum Gasteiger partial charge on any atom is -0.478 e. The quantitative estimate of drug-likeness (QED) is 0.684. The number of carboxylic acids is 1. The summed E-state index contributed by atoms with van der Waals surface area (Å²) in [7, 11) is 0. The summed E-state index contributed by atoms with van der Waals surface area (Å²) in [4.78, 5) is 13.9. The summed E-state index contributed by atoms with van der Waals surface area (Å²) in [5.74, 6) is -2.51. The highest BCUT2D eigenvalue weighted by molar-refractivity contribution is 6.17. The first kappa shape index (κ1) is 14.6. The Hall–Kier alpha value is -1.44. The van der Waals surface area contributed by atoms with Crippen molar-refractivity contribution >= 4 is 17.6 Å². The van der Waals surface area contributed by atoms with Gasteiger partial charge in [-0.15, -0.1) is 11.6 Å². The Balaban J connectivity index is 3.68. The Labute approximate surface area is 102 Å². The molecule has 0 aromatic carbocycles. The second-order valence-corrected chi connectivity index (χ2v) is 3.41. The van der Waals surface area contributed by atoms with Crippen molar-refractivity contribution < 1.29 is 31.9 Å². The minimum absolute atomic E-state index is 0.158. The number of aromatic nitrogens is 1. The Morgan fingerprint density at radius 2 is 2.00 bits per heavy atom. The maximum atomic E-state index is 12.7. The Kier molecular flexibility index (Phi) is 4.10. The Morgan fingerprint density at radius 3 is 2.33 bits per heavy atom. The molecule has 1 aromatic heterocycles. The average molecular weight is 290 g/mol. The van der Waals surface area contributed by atoms with Crippen LogP contribution in [0.5, 0.6) is 0 Å². The number of hydrogen-bond acceptors (Lipinski definition) is 2. The standard InChI is InChI=1S/C9H5ClF5NO2/c10-1-4-6(8(17)18)5(7(11)12)3(2-16-4)9(13,14)15/h2,7H,1H2,(H,17,18). The monoisotopic (exact) mass is 289 g/mol. The molecule has 1 heterocycles. The van der Waals surface area contributed by atoms with Crippen LogP contribution in [-0.2, 0) is 12.1 Å². The van der Waals surface area contributed by atoms with Crippen molar-refractivity contribution in [3.63, 3.8) is 0 Å². The number of halogens is 6. The molecule has 0 aliphatic rings. The zero-order valence-electron chi connectivity index (χ0n) is 8.43. The van der Waals surface area contributed by atoms with Crippen molar-refractivity contribution in [2.45, 2.75) is 18.5 Å². The van der Waals surface area contributed by atoms with Gasteiger partial charge in [0.25, 0.3) is 6.43 Å². The maximum absolute atomic E-state index is 12.7. The fraction of sp³-hybridized carbons (Fsp3) is 0.333. The fourth-order valence-corrected chi connectivity index (χ4v) is 1.56. The van der Waals surface area contributed by atoms with Gasteiger partial charge in [0.1, 0.15) is 0 Å². The topological polar surface area (TPSA) is 50.2 Å². The van der Waals surface area contributed by atoms with Crippen molar-refractivity contribution in [3.05, 3.63) is 28.6 Å². The van der Waals surface area contributed by atoms with E-state index in [1.165, 1.54) is 0 Å². The first-order valence-corrected chi connectivity index (χ1v) is 4.90. The van der Waals surface area contributed by atoms with E-state index >= 15 is 0 Å². The predicted octanol–water partition coefficient (Wildman–Crippen LogP) is 3.48. The lowest BCUT2D eigenvalue weighted by atomic mass is 10.0. The number of aromatic carboxylic acids is 1. The van der Waals surface area contributed by atoms with E-state index in [4.69, 9.17) is 16.7 Å². The molecule has 1 N–H and O–H groups in total. The first-order valence-electron chi connectivity index (χ1n) is 4.36. The molecular formula is C9H5ClF5NO2. The number of carboxylic acid groups (broad SMARTS) is 1. The van der Waals surface area contributed by atoms with E-state index in [1.54, 1.807) is 0 Å². The molecule has 3 nitrogen and oxygen atoms in total. The van der Waals surface area contributed by atoms with Crippen LogP contribution >= 0.6 is 11.6 Å². The predicted molar refractivity (Wildman–Crippen MR) is 50.7 cm³/mol. The third kappa shape index (κ3) is 2.69. The van der Waals surface area contributed by atoms with Gasteiger partial charge in [0.15, 0.2) is 0 Å². The van der Waals surface area contributed by atoms with Crippen LogP contribution in [0.3, 0.4) is 0 Å². The van der Waals surface area contributed by atoms with Gasteiger partial charge >= 0.3 is 12.1 Å². The summed E-state index contributed by atoms with van der Waals surface area (Å²) < 4.78 is 62.8. The SMILES string of the molecule is O=C(O)c1c(CCl)ncc(C(F)(F)F)c1C(F)F. The van der Waals surface area contributed by atoms with Gasteiger partial charge in [0.05, 0.1) is 22.7 Å². The second-order valence-electron chi connectivity index (χ2n) is 3.14. The van der Waals surface area contributed by atoms with E-state index in [1.807, 2.05) is 0 Å². The van der Waals surface area contributed by atoms with Crippen LogP contribution in [0.2, 0.25) is 0 Å². The molecule has 1 rings (SSSR count). The molecule has 0 fully saturated rings. The van der Waals surface area contributed by atoms with E-state index in [2.05, 4.69) is 4.98 Å². The fourth-order valence-electron chi connectivity index (χ4n) is 1.36. The van der Waals surface area contributed by atoms with Crippen molar-refractivity contribution in [2.75, 3.05) is 0 Å². The van der Waals surface area contributed by atoms with Crippen LogP contribution in [0.15, 0.2) is 6.20 Å². The van der Waals surface area contributed by atoms with E-state index in [0.29, 0.717) is 0 Å². The third-order valence-corrected chi connectivity index (χ3v) is 2.31. The molecule has 0 bridgehead atoms. The number of hydrogen-bond donors (Lipinski definition) is 1. The minimum atomic E-state index is -5.12. The lowest BCUT2D eigenvalue weighted by molar-refractivity contribution is -0.139. The molecule has 0 radical (unpaired) electrons. The van der Waals surface area contributed by atoms with Crippen molar-refractivity contribution in [1.82, 2.24) is 4.98 Å². The van der Waals surface area contributed by atoms with Gasteiger partial charge < -0.3 is 5.11 Å². The summed E-state index contributed by atoms with van der Waals surface area (Å²) >= 11 is 5.27. The molecule has 18 heavy (non-hydrogen) atoms. The van der Waals surface area contributed by atoms with Crippen LogP contribution < -0.4 is 0 Å². The number of rotatable bonds is 3. The summed E-state index contributed by atoms with van der Waals surface area (Å²) in [5.41, 5.74) is -5.12. The highest BCUT2D eigenvalue weighted by Gasteiger charge is 2.39. The summed E-state index contributed by atoms with van der Waals surface area (Å²) in [5, 5.41) is 8.72. The van der Waals surface area contributed by atoms with Gasteiger partial charge in [-0.1, -0.05) is 0 Å². The van der Waals surface area contributed by atoms with E-state index in [-0.39, 0.29) is 6.20 Å². The van der Waals surface area contributed by atoms with Crippen LogP contribution in [-0.4, -0.2) is 16.1 Å². The highest BCUT2D eigenvalue weighted by atomic mass is 35.5.